The summed E-state index contributed by atoms with van der Waals surface area (Å²) in [5.41, 5.74) is 5.12. The third-order valence-electron chi connectivity index (χ3n) is 6.44. The van der Waals surface area contributed by atoms with E-state index < -0.39 is 0 Å². The highest BCUT2D eigenvalue weighted by Crippen LogP contribution is 2.24. The van der Waals surface area contributed by atoms with Crippen LogP contribution in [0.2, 0.25) is 0 Å². The van der Waals surface area contributed by atoms with Crippen molar-refractivity contribution < 1.29 is 4.79 Å². The SMILES string of the molecule is Cc1nc2ccccc2c(C)c1CC(=O)N1CCN(c2ccnc(-c3ccccc3)n2)CC1. The standard InChI is InChI=1S/C27H27N5O/c1-19-22-10-6-7-11-24(22)29-20(2)23(19)18-26(33)32-16-14-31(15-17-32)25-12-13-28-27(30-25)21-8-4-3-5-9-21/h3-13H,14-18H2,1-2H3. The number of anilines is 1. The minimum atomic E-state index is 0.158. The molecule has 4 aromatic rings. The molecule has 0 unspecified atom stereocenters. The molecule has 1 saturated heterocycles. The monoisotopic (exact) mass is 437 g/mol. The van der Waals surface area contributed by atoms with Crippen LogP contribution in [0.1, 0.15) is 16.8 Å². The van der Waals surface area contributed by atoms with Gasteiger partial charge in [-0.25, -0.2) is 9.97 Å². The Labute approximate surface area is 193 Å². The van der Waals surface area contributed by atoms with E-state index in [0.717, 1.165) is 58.0 Å². The second kappa shape index (κ2) is 8.98. The van der Waals surface area contributed by atoms with Crippen molar-refractivity contribution in [3.8, 4) is 11.4 Å². The number of aryl methyl sites for hydroxylation is 2. The van der Waals surface area contributed by atoms with E-state index >= 15 is 0 Å². The Morgan fingerprint density at radius 2 is 1.61 bits per heavy atom. The summed E-state index contributed by atoms with van der Waals surface area (Å²) in [7, 11) is 0. The molecule has 0 saturated carbocycles. The zero-order chi connectivity index (χ0) is 22.8. The van der Waals surface area contributed by atoms with Crippen LogP contribution in [-0.2, 0) is 11.2 Å². The average Bonchev–Trinajstić information content (AvgIpc) is 2.87. The molecule has 2 aromatic heterocycles. The van der Waals surface area contributed by atoms with Gasteiger partial charge in [0, 0.05) is 49.0 Å². The minimum absolute atomic E-state index is 0.158. The number of carbonyl (C=O) groups excluding carboxylic acids is 1. The normalized spacial score (nSPS) is 14.0. The van der Waals surface area contributed by atoms with E-state index in [9.17, 15) is 4.79 Å². The highest BCUT2D eigenvalue weighted by molar-refractivity contribution is 5.86. The van der Waals surface area contributed by atoms with Crippen molar-refractivity contribution in [2.45, 2.75) is 20.3 Å². The Kier molecular flexibility index (Phi) is 5.73. The molecule has 2 aromatic carbocycles. The van der Waals surface area contributed by atoms with Crippen molar-refractivity contribution in [3.63, 3.8) is 0 Å². The van der Waals surface area contributed by atoms with E-state index in [-0.39, 0.29) is 5.91 Å². The maximum absolute atomic E-state index is 13.1. The van der Waals surface area contributed by atoms with Gasteiger partial charge in [0.2, 0.25) is 5.91 Å². The zero-order valence-corrected chi connectivity index (χ0v) is 19.0. The smallest absolute Gasteiger partial charge is 0.227 e. The lowest BCUT2D eigenvalue weighted by Crippen LogP contribution is -2.49. The van der Waals surface area contributed by atoms with Crippen molar-refractivity contribution in [1.82, 2.24) is 19.9 Å². The molecule has 1 fully saturated rings. The van der Waals surface area contributed by atoms with Gasteiger partial charge in [-0.15, -0.1) is 0 Å². The second-order valence-electron chi connectivity index (χ2n) is 8.47. The van der Waals surface area contributed by atoms with Crippen LogP contribution >= 0.6 is 0 Å². The van der Waals surface area contributed by atoms with Gasteiger partial charge < -0.3 is 9.80 Å². The summed E-state index contributed by atoms with van der Waals surface area (Å²) < 4.78 is 0. The maximum Gasteiger partial charge on any atom is 0.227 e. The molecule has 3 heterocycles. The minimum Gasteiger partial charge on any atom is -0.353 e. The fourth-order valence-electron chi connectivity index (χ4n) is 4.53. The number of benzene rings is 2. The quantitative estimate of drug-likeness (QED) is 0.479. The fraction of sp³-hybridized carbons (Fsp3) is 0.259. The van der Waals surface area contributed by atoms with E-state index in [2.05, 4.69) is 22.9 Å². The first kappa shape index (κ1) is 21.1. The van der Waals surface area contributed by atoms with Crippen molar-refractivity contribution in [2.75, 3.05) is 31.1 Å². The molecule has 0 N–H and O–H groups in total. The topological polar surface area (TPSA) is 62.2 Å². The summed E-state index contributed by atoms with van der Waals surface area (Å²) in [4.78, 5) is 31.2. The molecule has 5 rings (SSSR count). The van der Waals surface area contributed by atoms with Crippen LogP contribution in [-0.4, -0.2) is 51.9 Å². The predicted molar refractivity (Wildman–Crippen MR) is 131 cm³/mol. The Morgan fingerprint density at radius 1 is 0.879 bits per heavy atom. The van der Waals surface area contributed by atoms with Crippen LogP contribution < -0.4 is 4.90 Å². The molecular weight excluding hydrogens is 410 g/mol. The third-order valence-corrected chi connectivity index (χ3v) is 6.44. The Hall–Kier alpha value is -3.80. The fourth-order valence-corrected chi connectivity index (χ4v) is 4.53. The summed E-state index contributed by atoms with van der Waals surface area (Å²) in [5.74, 6) is 1.79. The summed E-state index contributed by atoms with van der Waals surface area (Å²) in [6.07, 6.45) is 2.20. The first-order valence-corrected chi connectivity index (χ1v) is 11.4. The van der Waals surface area contributed by atoms with Gasteiger partial charge in [-0.3, -0.25) is 9.78 Å². The van der Waals surface area contributed by atoms with Crippen molar-refractivity contribution in [2.24, 2.45) is 0 Å². The van der Waals surface area contributed by atoms with Crippen LogP contribution in [0.15, 0.2) is 66.9 Å². The van der Waals surface area contributed by atoms with E-state index in [0.29, 0.717) is 19.5 Å². The summed E-state index contributed by atoms with van der Waals surface area (Å²) in [6, 6.07) is 20.1. The molecule has 0 radical (unpaired) electrons. The van der Waals surface area contributed by atoms with Gasteiger partial charge in [0.15, 0.2) is 5.82 Å². The molecule has 33 heavy (non-hydrogen) atoms. The molecule has 1 aliphatic heterocycles. The molecule has 0 aliphatic carbocycles. The average molecular weight is 438 g/mol. The van der Waals surface area contributed by atoms with E-state index in [1.165, 1.54) is 0 Å². The Morgan fingerprint density at radius 3 is 2.39 bits per heavy atom. The van der Waals surface area contributed by atoms with Gasteiger partial charge >= 0.3 is 0 Å². The molecular formula is C27H27N5O. The lowest BCUT2D eigenvalue weighted by atomic mass is 9.99. The van der Waals surface area contributed by atoms with E-state index in [1.807, 2.05) is 66.4 Å². The highest BCUT2D eigenvalue weighted by atomic mass is 16.2. The number of pyridine rings is 1. The maximum atomic E-state index is 13.1. The number of hydrogen-bond acceptors (Lipinski definition) is 5. The van der Waals surface area contributed by atoms with Crippen LogP contribution in [0.4, 0.5) is 5.82 Å². The molecule has 0 bridgehead atoms. The van der Waals surface area contributed by atoms with Gasteiger partial charge in [0.1, 0.15) is 5.82 Å². The number of para-hydroxylation sites is 1. The summed E-state index contributed by atoms with van der Waals surface area (Å²) >= 11 is 0. The van der Waals surface area contributed by atoms with Gasteiger partial charge in [-0.1, -0.05) is 48.5 Å². The van der Waals surface area contributed by atoms with Crippen molar-refractivity contribution in [1.29, 1.82) is 0 Å². The second-order valence-corrected chi connectivity index (χ2v) is 8.47. The van der Waals surface area contributed by atoms with Crippen LogP contribution in [0, 0.1) is 13.8 Å². The molecule has 6 nitrogen and oxygen atoms in total. The summed E-state index contributed by atoms with van der Waals surface area (Å²) in [6.45, 7) is 6.97. The van der Waals surface area contributed by atoms with Crippen LogP contribution in [0.5, 0.6) is 0 Å². The number of rotatable bonds is 4. The number of fused-ring (bicyclic) bond motifs is 1. The third kappa shape index (κ3) is 4.29. The number of amides is 1. The number of carbonyl (C=O) groups is 1. The number of hydrogen-bond donors (Lipinski definition) is 0. The first-order chi connectivity index (χ1) is 16.1. The predicted octanol–water partition coefficient (Wildman–Crippen LogP) is 4.20. The molecule has 166 valence electrons. The van der Waals surface area contributed by atoms with Crippen molar-refractivity contribution in [3.05, 3.63) is 83.7 Å². The lowest BCUT2D eigenvalue weighted by molar-refractivity contribution is -0.130. The number of piperazine rings is 1. The van der Waals surface area contributed by atoms with Gasteiger partial charge in [0.05, 0.1) is 11.9 Å². The summed E-state index contributed by atoms with van der Waals surface area (Å²) in [5, 5.41) is 1.12. The molecule has 6 heteroatoms. The van der Waals surface area contributed by atoms with Crippen LogP contribution in [0.25, 0.3) is 22.3 Å². The van der Waals surface area contributed by atoms with Gasteiger partial charge in [0.25, 0.3) is 0 Å². The van der Waals surface area contributed by atoms with Gasteiger partial charge in [-0.2, -0.15) is 0 Å². The largest absolute Gasteiger partial charge is 0.353 e. The Balaban J connectivity index is 1.27. The van der Waals surface area contributed by atoms with Gasteiger partial charge in [-0.05, 0) is 37.1 Å². The molecule has 1 aliphatic rings. The van der Waals surface area contributed by atoms with E-state index in [4.69, 9.17) is 9.97 Å². The highest BCUT2D eigenvalue weighted by Gasteiger charge is 2.24. The van der Waals surface area contributed by atoms with E-state index in [1.54, 1.807) is 6.20 Å². The number of aromatic nitrogens is 3. The van der Waals surface area contributed by atoms with Crippen molar-refractivity contribution >= 4 is 22.6 Å². The zero-order valence-electron chi connectivity index (χ0n) is 19.0. The molecule has 1 amide bonds. The Bertz CT molecular complexity index is 1300. The first-order valence-electron chi connectivity index (χ1n) is 11.4. The lowest BCUT2D eigenvalue weighted by Gasteiger charge is -2.35. The molecule has 0 atom stereocenters. The molecule has 0 spiro atoms. The van der Waals surface area contributed by atoms with Crippen LogP contribution in [0.3, 0.4) is 0 Å². The number of nitrogens with zero attached hydrogens (tertiary/aromatic N) is 5.